The Hall–Kier alpha value is -0.820. The fourth-order valence-corrected chi connectivity index (χ4v) is 3.95. The lowest BCUT2D eigenvalue weighted by Gasteiger charge is -2.33. The van der Waals surface area contributed by atoms with Gasteiger partial charge in [-0.25, -0.2) is 0 Å². The van der Waals surface area contributed by atoms with Crippen molar-refractivity contribution < 1.29 is 5.11 Å². The highest BCUT2D eigenvalue weighted by Crippen LogP contribution is 2.52. The Bertz CT molecular complexity index is 437. The molecule has 0 saturated heterocycles. The first kappa shape index (κ1) is 11.3. The number of aliphatic hydroxyl groups is 1. The molecule has 0 radical (unpaired) electrons. The first-order valence-corrected chi connectivity index (χ1v) is 6.85. The summed E-state index contributed by atoms with van der Waals surface area (Å²) in [7, 11) is 0. The molecule has 2 aliphatic carbocycles. The van der Waals surface area contributed by atoms with E-state index < -0.39 is 5.60 Å². The van der Waals surface area contributed by atoms with Gasteiger partial charge in [-0.1, -0.05) is 23.8 Å². The minimum Gasteiger partial charge on any atom is -0.389 e. The van der Waals surface area contributed by atoms with Crippen LogP contribution in [-0.2, 0) is 6.42 Å². The van der Waals surface area contributed by atoms with Crippen molar-refractivity contribution in [2.75, 3.05) is 0 Å². The summed E-state index contributed by atoms with van der Waals surface area (Å²) in [5.41, 5.74) is 3.57. The van der Waals surface area contributed by atoms with Gasteiger partial charge in [-0.3, -0.25) is 0 Å². The van der Waals surface area contributed by atoms with Crippen LogP contribution in [0.2, 0.25) is 0 Å². The third-order valence-corrected chi connectivity index (χ3v) is 4.94. The van der Waals surface area contributed by atoms with Gasteiger partial charge in [0.25, 0.3) is 0 Å². The molecule has 1 aromatic carbocycles. The SMILES string of the molecule is Cc1ccc(C)c(CC2(O)CC3CCC2C3)c1. The van der Waals surface area contributed by atoms with Crippen LogP contribution in [0.5, 0.6) is 0 Å². The van der Waals surface area contributed by atoms with Crippen LogP contribution in [0.15, 0.2) is 18.2 Å². The molecule has 2 bridgehead atoms. The highest BCUT2D eigenvalue weighted by Gasteiger charge is 2.49. The third kappa shape index (κ3) is 1.91. The zero-order valence-electron chi connectivity index (χ0n) is 10.9. The largest absolute Gasteiger partial charge is 0.389 e. The maximum absolute atomic E-state index is 10.9. The number of hydrogen-bond donors (Lipinski definition) is 1. The van der Waals surface area contributed by atoms with E-state index in [4.69, 9.17) is 0 Å². The van der Waals surface area contributed by atoms with E-state index in [2.05, 4.69) is 32.0 Å². The van der Waals surface area contributed by atoms with Crippen molar-refractivity contribution in [3.05, 3.63) is 34.9 Å². The van der Waals surface area contributed by atoms with Crippen LogP contribution in [0.1, 0.15) is 42.4 Å². The van der Waals surface area contributed by atoms with Crippen molar-refractivity contribution in [3.63, 3.8) is 0 Å². The lowest BCUT2D eigenvalue weighted by molar-refractivity contribution is -0.0126. The summed E-state index contributed by atoms with van der Waals surface area (Å²) < 4.78 is 0. The van der Waals surface area contributed by atoms with Gasteiger partial charge in [0, 0.05) is 6.42 Å². The van der Waals surface area contributed by atoms with E-state index in [1.807, 2.05) is 0 Å². The van der Waals surface area contributed by atoms with Crippen LogP contribution < -0.4 is 0 Å². The first-order chi connectivity index (χ1) is 8.07. The second kappa shape index (κ2) is 3.84. The maximum atomic E-state index is 10.9. The van der Waals surface area contributed by atoms with E-state index in [0.29, 0.717) is 5.92 Å². The molecule has 2 saturated carbocycles. The van der Waals surface area contributed by atoms with Crippen LogP contribution in [-0.4, -0.2) is 10.7 Å². The number of fused-ring (bicyclic) bond motifs is 2. The highest BCUT2D eigenvalue weighted by molar-refractivity contribution is 5.32. The fraction of sp³-hybridized carbons (Fsp3) is 0.625. The molecule has 2 fully saturated rings. The van der Waals surface area contributed by atoms with Crippen molar-refractivity contribution in [1.82, 2.24) is 0 Å². The highest BCUT2D eigenvalue weighted by atomic mass is 16.3. The van der Waals surface area contributed by atoms with Gasteiger partial charge in [0.1, 0.15) is 0 Å². The lowest BCUT2D eigenvalue weighted by Crippen LogP contribution is -2.37. The van der Waals surface area contributed by atoms with E-state index >= 15 is 0 Å². The van der Waals surface area contributed by atoms with Gasteiger partial charge in [0.15, 0.2) is 0 Å². The summed E-state index contributed by atoms with van der Waals surface area (Å²) in [4.78, 5) is 0. The molecule has 0 heterocycles. The third-order valence-electron chi connectivity index (χ3n) is 4.94. The Balaban J connectivity index is 1.85. The Morgan fingerprint density at radius 2 is 2.12 bits per heavy atom. The van der Waals surface area contributed by atoms with Crippen molar-refractivity contribution in [2.45, 2.75) is 51.6 Å². The summed E-state index contributed by atoms with van der Waals surface area (Å²) in [6.45, 7) is 4.29. The number of rotatable bonds is 2. The van der Waals surface area contributed by atoms with Gasteiger partial charge < -0.3 is 5.11 Å². The second-order valence-electron chi connectivity index (χ2n) is 6.29. The van der Waals surface area contributed by atoms with Gasteiger partial charge in [-0.15, -0.1) is 0 Å². The Morgan fingerprint density at radius 1 is 1.29 bits per heavy atom. The van der Waals surface area contributed by atoms with Gasteiger partial charge in [0.2, 0.25) is 0 Å². The maximum Gasteiger partial charge on any atom is 0.0718 e. The number of benzene rings is 1. The lowest BCUT2D eigenvalue weighted by atomic mass is 9.79. The molecule has 1 N–H and O–H groups in total. The predicted molar refractivity (Wildman–Crippen MR) is 70.0 cm³/mol. The minimum absolute atomic E-state index is 0.401. The number of hydrogen-bond acceptors (Lipinski definition) is 1. The Labute approximate surface area is 104 Å². The average Bonchev–Trinajstić information content (AvgIpc) is 2.83. The van der Waals surface area contributed by atoms with E-state index in [0.717, 1.165) is 18.8 Å². The molecule has 1 heteroatoms. The molecule has 1 nitrogen and oxygen atoms in total. The van der Waals surface area contributed by atoms with Crippen LogP contribution in [0.4, 0.5) is 0 Å². The van der Waals surface area contributed by atoms with Crippen LogP contribution in [0, 0.1) is 25.7 Å². The second-order valence-corrected chi connectivity index (χ2v) is 6.29. The quantitative estimate of drug-likeness (QED) is 0.825. The molecule has 3 atom stereocenters. The molecule has 17 heavy (non-hydrogen) atoms. The summed E-state index contributed by atoms with van der Waals surface area (Å²) in [5.74, 6) is 1.36. The predicted octanol–water partition coefficient (Wildman–Crippen LogP) is 3.40. The van der Waals surface area contributed by atoms with E-state index in [-0.39, 0.29) is 0 Å². The summed E-state index contributed by atoms with van der Waals surface area (Å²) in [6.07, 6.45) is 5.75. The zero-order chi connectivity index (χ0) is 12.0. The summed E-state index contributed by atoms with van der Waals surface area (Å²) >= 11 is 0. The molecular formula is C16H22O. The summed E-state index contributed by atoms with van der Waals surface area (Å²) in [6, 6.07) is 6.59. The topological polar surface area (TPSA) is 20.2 Å². The van der Waals surface area contributed by atoms with Crippen molar-refractivity contribution >= 4 is 0 Å². The molecule has 0 amide bonds. The number of aryl methyl sites for hydroxylation is 2. The zero-order valence-corrected chi connectivity index (χ0v) is 10.9. The van der Waals surface area contributed by atoms with E-state index in [9.17, 15) is 5.11 Å². The molecule has 2 aliphatic rings. The Kier molecular flexibility index (Phi) is 2.55. The van der Waals surface area contributed by atoms with E-state index in [1.54, 1.807) is 0 Å². The summed E-state index contributed by atoms with van der Waals surface area (Å²) in [5, 5.41) is 10.9. The molecule has 92 valence electrons. The van der Waals surface area contributed by atoms with Gasteiger partial charge in [0.05, 0.1) is 5.60 Å². The fourth-order valence-electron chi connectivity index (χ4n) is 3.95. The van der Waals surface area contributed by atoms with Crippen LogP contribution in [0.3, 0.4) is 0 Å². The van der Waals surface area contributed by atoms with Crippen molar-refractivity contribution in [2.24, 2.45) is 11.8 Å². The van der Waals surface area contributed by atoms with E-state index in [1.165, 1.54) is 36.0 Å². The van der Waals surface area contributed by atoms with Crippen LogP contribution in [0.25, 0.3) is 0 Å². The monoisotopic (exact) mass is 230 g/mol. The molecule has 0 spiro atoms. The normalized spacial score (nSPS) is 35.5. The van der Waals surface area contributed by atoms with Gasteiger partial charge in [-0.05, 0) is 62.5 Å². The molecule has 0 aliphatic heterocycles. The van der Waals surface area contributed by atoms with Gasteiger partial charge >= 0.3 is 0 Å². The van der Waals surface area contributed by atoms with Gasteiger partial charge in [-0.2, -0.15) is 0 Å². The van der Waals surface area contributed by atoms with Crippen molar-refractivity contribution in [3.8, 4) is 0 Å². The smallest absolute Gasteiger partial charge is 0.0718 e. The van der Waals surface area contributed by atoms with Crippen LogP contribution >= 0.6 is 0 Å². The standard InChI is InChI=1S/C16H22O/c1-11-3-4-12(2)14(7-11)10-16(17)9-13-5-6-15(16)8-13/h3-4,7,13,15,17H,5-6,8-10H2,1-2H3. The average molecular weight is 230 g/mol. The van der Waals surface area contributed by atoms with Crippen molar-refractivity contribution in [1.29, 1.82) is 0 Å². The molecule has 1 aromatic rings. The first-order valence-electron chi connectivity index (χ1n) is 6.85. The minimum atomic E-state index is -0.401. The molecular weight excluding hydrogens is 208 g/mol. The molecule has 3 unspecified atom stereocenters. The Morgan fingerprint density at radius 3 is 2.76 bits per heavy atom. The molecule has 3 rings (SSSR count). The molecule has 0 aromatic heterocycles.